The normalized spacial score (nSPS) is 63.4. The van der Waals surface area contributed by atoms with Gasteiger partial charge in [-0.05, 0) is 6.92 Å². The van der Waals surface area contributed by atoms with E-state index in [4.69, 9.17) is 16.0 Å². The summed E-state index contributed by atoms with van der Waals surface area (Å²) in [6, 6.07) is 0. The molecule has 3 fully saturated rings. The van der Waals surface area contributed by atoms with Crippen LogP contribution in [0.1, 0.15) is 6.92 Å². The highest BCUT2D eigenvalue weighted by atomic mass is 16.7. The Kier molecular flexibility index (Phi) is 1.03. The first kappa shape index (κ1) is 7.71. The lowest BCUT2D eigenvalue weighted by Gasteiger charge is -2.24. The number of aliphatic hydroxyl groups excluding tert-OH is 1. The van der Waals surface area contributed by atoms with Crippen LogP contribution in [0.3, 0.4) is 0 Å². The highest BCUT2D eigenvalue weighted by molar-refractivity contribution is 5.38. The van der Waals surface area contributed by atoms with Crippen molar-refractivity contribution in [1.29, 1.82) is 0 Å². The number of ether oxygens (including phenoxy) is 2. The van der Waals surface area contributed by atoms with Crippen molar-refractivity contribution in [3.05, 3.63) is 11.4 Å². The molecule has 3 rings (SSSR count). The molecule has 1 saturated carbocycles. The van der Waals surface area contributed by atoms with Crippen LogP contribution in [0, 0.1) is 6.57 Å². The van der Waals surface area contributed by atoms with Gasteiger partial charge in [-0.25, -0.2) is 6.57 Å². The Morgan fingerprint density at radius 2 is 2.23 bits per heavy atom. The van der Waals surface area contributed by atoms with Gasteiger partial charge >= 0.3 is 5.72 Å². The maximum absolute atomic E-state index is 10.0. The first-order valence-corrected chi connectivity index (χ1v) is 4.19. The fraction of sp³-hybridized carbons (Fsp3) is 0.875. The van der Waals surface area contributed by atoms with Crippen LogP contribution < -0.4 is 0 Å². The molecule has 0 spiro atoms. The number of aliphatic hydroxyl groups is 2. The van der Waals surface area contributed by atoms with Gasteiger partial charge in [-0.1, -0.05) is 0 Å². The Morgan fingerprint density at radius 1 is 1.54 bits per heavy atom. The molecule has 0 aromatic heterocycles. The van der Waals surface area contributed by atoms with E-state index >= 15 is 0 Å². The van der Waals surface area contributed by atoms with Crippen LogP contribution in [0.5, 0.6) is 0 Å². The van der Waals surface area contributed by atoms with E-state index < -0.39 is 29.6 Å². The minimum Gasteiger partial charge on any atom is -0.390 e. The Bertz CT molecular complexity index is 325. The molecule has 2 saturated heterocycles. The molecule has 0 radical (unpaired) electrons. The van der Waals surface area contributed by atoms with Crippen molar-refractivity contribution in [2.24, 2.45) is 0 Å². The van der Waals surface area contributed by atoms with E-state index in [1.54, 1.807) is 0 Å². The molecular formula is C8H9NO4. The Labute approximate surface area is 74.7 Å². The topological polar surface area (TPSA) is 69.9 Å². The van der Waals surface area contributed by atoms with Crippen molar-refractivity contribution in [2.75, 3.05) is 0 Å². The standard InChI is InChI=1S/C8H9NO4/c1-3(10)7(11)4-5(12-4)8(9-2)6(7)13-8/h3-6,10-11H,1H3/t3-,4+,5-,6-,7+,8+/m0/s1. The van der Waals surface area contributed by atoms with Crippen molar-refractivity contribution < 1.29 is 19.7 Å². The maximum atomic E-state index is 10.0. The summed E-state index contributed by atoms with van der Waals surface area (Å²) in [7, 11) is 0. The molecule has 0 aromatic carbocycles. The van der Waals surface area contributed by atoms with Crippen LogP contribution in [-0.4, -0.2) is 46.0 Å². The van der Waals surface area contributed by atoms with Crippen LogP contribution >= 0.6 is 0 Å². The third kappa shape index (κ3) is 0.577. The van der Waals surface area contributed by atoms with Crippen molar-refractivity contribution in [2.45, 2.75) is 42.7 Å². The van der Waals surface area contributed by atoms with E-state index in [0.29, 0.717) is 0 Å². The summed E-state index contributed by atoms with van der Waals surface area (Å²) in [5.41, 5.74) is -2.37. The monoisotopic (exact) mass is 183 g/mol. The van der Waals surface area contributed by atoms with E-state index in [1.165, 1.54) is 6.92 Å². The second-order valence-corrected chi connectivity index (χ2v) is 3.90. The largest absolute Gasteiger partial charge is 0.396 e. The van der Waals surface area contributed by atoms with Crippen LogP contribution in [0.2, 0.25) is 0 Å². The van der Waals surface area contributed by atoms with E-state index in [1.807, 2.05) is 0 Å². The van der Waals surface area contributed by atoms with Crippen molar-refractivity contribution in [3.8, 4) is 0 Å². The maximum Gasteiger partial charge on any atom is 0.396 e. The minimum atomic E-state index is -1.38. The summed E-state index contributed by atoms with van der Waals surface area (Å²) >= 11 is 0. The number of fused-ring (bicyclic) bond motifs is 3. The van der Waals surface area contributed by atoms with Crippen molar-refractivity contribution in [3.63, 3.8) is 0 Å². The highest BCUT2D eigenvalue weighted by Crippen LogP contribution is 2.66. The average Bonchev–Trinajstić information content (AvgIpc) is 2.95. The number of nitrogens with zero attached hydrogens (tertiary/aromatic N) is 1. The molecule has 5 heteroatoms. The van der Waals surface area contributed by atoms with E-state index in [-0.39, 0.29) is 6.10 Å². The molecule has 0 unspecified atom stereocenters. The molecule has 1 aliphatic carbocycles. The van der Waals surface area contributed by atoms with Gasteiger partial charge in [0.2, 0.25) is 6.10 Å². The predicted molar refractivity (Wildman–Crippen MR) is 39.5 cm³/mol. The smallest absolute Gasteiger partial charge is 0.390 e. The molecule has 3 aliphatic rings. The lowest BCUT2D eigenvalue weighted by molar-refractivity contribution is -0.0980. The molecule has 0 amide bonds. The van der Waals surface area contributed by atoms with Crippen molar-refractivity contribution in [1.82, 2.24) is 0 Å². The Hall–Kier alpha value is -0.670. The molecule has 0 bridgehead atoms. The second-order valence-electron chi connectivity index (χ2n) is 3.90. The summed E-state index contributed by atoms with van der Waals surface area (Å²) in [5.74, 6) is 0. The third-order valence-electron chi connectivity index (χ3n) is 3.24. The minimum absolute atomic E-state index is 0.338. The summed E-state index contributed by atoms with van der Waals surface area (Å²) in [6.45, 7) is 8.43. The van der Waals surface area contributed by atoms with Crippen LogP contribution in [0.25, 0.3) is 4.85 Å². The SMILES string of the molecule is [C-]#[N+][C@]12O[C@H]1[C@@](O)([C@H](C)O)[C@@H]1O[C@@H]12. The van der Waals surface area contributed by atoms with Gasteiger partial charge in [0.15, 0.2) is 11.7 Å². The molecule has 13 heavy (non-hydrogen) atoms. The van der Waals surface area contributed by atoms with Gasteiger partial charge in [0.1, 0.15) is 6.10 Å². The van der Waals surface area contributed by atoms with Crippen LogP contribution in [0.4, 0.5) is 0 Å². The molecule has 0 aromatic rings. The van der Waals surface area contributed by atoms with Crippen LogP contribution in [0.15, 0.2) is 0 Å². The van der Waals surface area contributed by atoms with Gasteiger partial charge in [-0.15, -0.1) is 0 Å². The quantitative estimate of drug-likeness (QED) is 0.399. The molecule has 2 aliphatic heterocycles. The first-order valence-electron chi connectivity index (χ1n) is 4.19. The lowest BCUT2D eigenvalue weighted by atomic mass is 9.94. The molecule has 70 valence electrons. The van der Waals surface area contributed by atoms with E-state index in [2.05, 4.69) is 4.85 Å². The van der Waals surface area contributed by atoms with E-state index in [9.17, 15) is 10.2 Å². The van der Waals surface area contributed by atoms with Gasteiger partial charge < -0.3 is 14.9 Å². The summed E-state index contributed by atoms with van der Waals surface area (Å²) < 4.78 is 10.3. The molecular weight excluding hydrogens is 174 g/mol. The number of rotatable bonds is 1. The molecule has 2 heterocycles. The second kappa shape index (κ2) is 1.74. The fourth-order valence-electron chi connectivity index (χ4n) is 2.33. The number of epoxide rings is 2. The summed E-state index contributed by atoms with van der Waals surface area (Å²) in [6.07, 6.45) is -2.25. The lowest BCUT2D eigenvalue weighted by Crippen LogP contribution is -2.49. The zero-order valence-electron chi connectivity index (χ0n) is 6.97. The first-order chi connectivity index (χ1) is 6.07. The van der Waals surface area contributed by atoms with Gasteiger partial charge in [-0.2, -0.15) is 0 Å². The fourth-order valence-corrected chi connectivity index (χ4v) is 2.33. The summed E-state index contributed by atoms with van der Waals surface area (Å²) in [4.78, 5) is 3.33. The van der Waals surface area contributed by atoms with Gasteiger partial charge in [0.25, 0.3) is 0 Å². The van der Waals surface area contributed by atoms with Gasteiger partial charge in [-0.3, -0.25) is 9.58 Å². The Balaban J connectivity index is 2.01. The van der Waals surface area contributed by atoms with Crippen molar-refractivity contribution >= 4 is 0 Å². The number of hydrogen-bond donors (Lipinski definition) is 2. The summed E-state index contributed by atoms with van der Waals surface area (Å²) in [5, 5.41) is 19.4. The molecule has 6 atom stereocenters. The van der Waals surface area contributed by atoms with Crippen LogP contribution in [-0.2, 0) is 9.47 Å². The predicted octanol–water partition coefficient (Wildman–Crippen LogP) is -1.11. The Morgan fingerprint density at radius 3 is 2.62 bits per heavy atom. The molecule has 5 nitrogen and oxygen atoms in total. The highest BCUT2D eigenvalue weighted by Gasteiger charge is 2.95. The molecule has 2 N–H and O–H groups in total. The average molecular weight is 183 g/mol. The zero-order chi connectivity index (χ0) is 9.43. The van der Waals surface area contributed by atoms with Gasteiger partial charge in [0, 0.05) is 0 Å². The van der Waals surface area contributed by atoms with Gasteiger partial charge in [0.05, 0.1) is 6.10 Å². The third-order valence-corrected chi connectivity index (χ3v) is 3.24. The van der Waals surface area contributed by atoms with E-state index in [0.717, 1.165) is 0 Å². The zero-order valence-corrected chi connectivity index (χ0v) is 6.97. The number of hydrogen-bond acceptors (Lipinski definition) is 4.